The van der Waals surface area contributed by atoms with Gasteiger partial charge in [0.15, 0.2) is 5.82 Å². The molecule has 0 radical (unpaired) electrons. The molecular weight excluding hydrogens is 298 g/mol. The SMILES string of the molecule is Cc1cc(NC(=O)CCN2CCOCC2C2CCCC2=O)no1. The summed E-state index contributed by atoms with van der Waals surface area (Å²) in [5.41, 5.74) is 0. The van der Waals surface area contributed by atoms with Crippen molar-refractivity contribution in [2.75, 3.05) is 31.6 Å². The zero-order valence-electron chi connectivity index (χ0n) is 13.4. The molecule has 2 aliphatic rings. The van der Waals surface area contributed by atoms with Crippen molar-refractivity contribution in [1.82, 2.24) is 10.1 Å². The molecule has 1 saturated heterocycles. The van der Waals surface area contributed by atoms with Gasteiger partial charge in [-0.3, -0.25) is 14.5 Å². The molecule has 2 atom stereocenters. The minimum Gasteiger partial charge on any atom is -0.378 e. The van der Waals surface area contributed by atoms with Crippen LogP contribution in [0.4, 0.5) is 5.82 Å². The van der Waals surface area contributed by atoms with Gasteiger partial charge in [0, 0.05) is 44.0 Å². The lowest BCUT2D eigenvalue weighted by molar-refractivity contribution is -0.125. The van der Waals surface area contributed by atoms with Gasteiger partial charge in [-0.2, -0.15) is 0 Å². The second-order valence-corrected chi connectivity index (χ2v) is 6.26. The van der Waals surface area contributed by atoms with Gasteiger partial charge in [0.25, 0.3) is 0 Å². The number of aromatic nitrogens is 1. The first kappa shape index (κ1) is 16.1. The van der Waals surface area contributed by atoms with E-state index in [0.717, 1.165) is 19.4 Å². The first-order valence-electron chi connectivity index (χ1n) is 8.21. The van der Waals surface area contributed by atoms with Crippen LogP contribution in [0.15, 0.2) is 10.6 Å². The zero-order valence-corrected chi connectivity index (χ0v) is 13.4. The Morgan fingerprint density at radius 2 is 2.39 bits per heavy atom. The highest BCUT2D eigenvalue weighted by Gasteiger charge is 2.37. The maximum Gasteiger partial charge on any atom is 0.226 e. The van der Waals surface area contributed by atoms with Crippen molar-refractivity contribution in [1.29, 1.82) is 0 Å². The van der Waals surface area contributed by atoms with Crippen LogP contribution in [0.5, 0.6) is 0 Å². The number of hydrogen-bond acceptors (Lipinski definition) is 6. The first-order chi connectivity index (χ1) is 11.1. The number of aryl methyl sites for hydroxylation is 1. The summed E-state index contributed by atoms with van der Waals surface area (Å²) in [6.07, 6.45) is 2.96. The fourth-order valence-electron chi connectivity index (χ4n) is 3.43. The molecule has 1 N–H and O–H groups in total. The minimum atomic E-state index is -0.0960. The quantitative estimate of drug-likeness (QED) is 0.882. The van der Waals surface area contributed by atoms with Crippen molar-refractivity contribution in [3.05, 3.63) is 11.8 Å². The molecular formula is C16H23N3O4. The maximum absolute atomic E-state index is 12.0. The number of amides is 1. The molecule has 1 amide bonds. The molecule has 0 bridgehead atoms. The molecule has 2 heterocycles. The number of ether oxygens (including phenoxy) is 1. The van der Waals surface area contributed by atoms with Crippen molar-refractivity contribution in [3.8, 4) is 0 Å². The van der Waals surface area contributed by atoms with Crippen LogP contribution >= 0.6 is 0 Å². The number of carbonyl (C=O) groups is 2. The molecule has 2 fully saturated rings. The van der Waals surface area contributed by atoms with Gasteiger partial charge in [0.2, 0.25) is 5.91 Å². The molecule has 1 saturated carbocycles. The van der Waals surface area contributed by atoms with Crippen LogP contribution in [0.3, 0.4) is 0 Å². The molecule has 1 aromatic heterocycles. The number of hydrogen-bond donors (Lipinski definition) is 1. The van der Waals surface area contributed by atoms with Gasteiger partial charge in [-0.25, -0.2) is 0 Å². The van der Waals surface area contributed by atoms with Crippen LogP contribution in [0.2, 0.25) is 0 Å². The average molecular weight is 321 g/mol. The summed E-state index contributed by atoms with van der Waals surface area (Å²) in [7, 11) is 0. The molecule has 1 aliphatic heterocycles. The van der Waals surface area contributed by atoms with E-state index in [1.54, 1.807) is 13.0 Å². The number of nitrogens with one attached hydrogen (secondary N) is 1. The fourth-order valence-corrected chi connectivity index (χ4v) is 3.43. The normalized spacial score (nSPS) is 25.7. The van der Waals surface area contributed by atoms with Gasteiger partial charge in [0.1, 0.15) is 11.5 Å². The Morgan fingerprint density at radius 1 is 1.52 bits per heavy atom. The summed E-state index contributed by atoms with van der Waals surface area (Å²) in [6, 6.07) is 1.80. The molecule has 3 rings (SSSR count). The summed E-state index contributed by atoms with van der Waals surface area (Å²) in [5.74, 6) is 1.41. The van der Waals surface area contributed by atoms with Gasteiger partial charge < -0.3 is 14.6 Å². The predicted octanol–water partition coefficient (Wildman–Crippen LogP) is 1.38. The van der Waals surface area contributed by atoms with Crippen molar-refractivity contribution < 1.29 is 18.8 Å². The molecule has 126 valence electrons. The Kier molecular flexibility index (Phi) is 5.07. The zero-order chi connectivity index (χ0) is 16.2. The third-order valence-electron chi connectivity index (χ3n) is 4.62. The Morgan fingerprint density at radius 3 is 3.09 bits per heavy atom. The average Bonchev–Trinajstić information content (AvgIpc) is 3.14. The Hall–Kier alpha value is -1.73. The highest BCUT2D eigenvalue weighted by molar-refractivity contribution is 5.89. The number of morpholine rings is 1. The van der Waals surface area contributed by atoms with Crippen molar-refractivity contribution >= 4 is 17.5 Å². The number of nitrogens with zero attached hydrogens (tertiary/aromatic N) is 2. The summed E-state index contributed by atoms with van der Waals surface area (Å²) in [4.78, 5) is 26.3. The van der Waals surface area contributed by atoms with Crippen LogP contribution in [0.25, 0.3) is 0 Å². The molecule has 23 heavy (non-hydrogen) atoms. The third kappa shape index (κ3) is 3.97. The summed E-state index contributed by atoms with van der Waals surface area (Å²) >= 11 is 0. The standard InChI is InChI=1S/C16H23N3O4/c1-11-9-15(18-23-11)17-16(21)5-6-19-7-8-22-10-13(19)12-3-2-4-14(12)20/h9,12-13H,2-8,10H2,1H3,(H,17,18,21). The maximum atomic E-state index is 12.0. The number of rotatable bonds is 5. The van der Waals surface area contributed by atoms with Crippen LogP contribution in [-0.2, 0) is 14.3 Å². The number of carbonyl (C=O) groups excluding carboxylic acids is 2. The summed E-state index contributed by atoms with van der Waals surface area (Å²) in [6.45, 7) is 4.41. The van der Waals surface area contributed by atoms with E-state index in [2.05, 4.69) is 15.4 Å². The van der Waals surface area contributed by atoms with E-state index in [-0.39, 0.29) is 17.9 Å². The molecule has 0 spiro atoms. The van der Waals surface area contributed by atoms with E-state index >= 15 is 0 Å². The van der Waals surface area contributed by atoms with Gasteiger partial charge in [-0.05, 0) is 19.8 Å². The van der Waals surface area contributed by atoms with Crippen molar-refractivity contribution in [3.63, 3.8) is 0 Å². The van der Waals surface area contributed by atoms with Crippen LogP contribution in [0, 0.1) is 12.8 Å². The lowest BCUT2D eigenvalue weighted by Gasteiger charge is -2.38. The van der Waals surface area contributed by atoms with Gasteiger partial charge >= 0.3 is 0 Å². The Labute approximate surface area is 135 Å². The molecule has 1 aromatic rings. The second kappa shape index (κ2) is 7.23. The summed E-state index contributed by atoms with van der Waals surface area (Å²) < 4.78 is 10.5. The van der Waals surface area contributed by atoms with E-state index < -0.39 is 0 Å². The lowest BCUT2D eigenvalue weighted by atomic mass is 9.95. The number of Topliss-reactive ketones (excluding diaryl/α,β-unsaturated/α-hetero) is 1. The molecule has 7 nitrogen and oxygen atoms in total. The second-order valence-electron chi connectivity index (χ2n) is 6.26. The molecule has 0 aromatic carbocycles. The summed E-state index contributed by atoms with van der Waals surface area (Å²) in [5, 5.41) is 6.48. The Bertz CT molecular complexity index is 571. The van der Waals surface area contributed by atoms with Crippen LogP contribution in [0.1, 0.15) is 31.4 Å². The largest absolute Gasteiger partial charge is 0.378 e. The topological polar surface area (TPSA) is 84.7 Å². The Balaban J connectivity index is 1.52. The van der Waals surface area contributed by atoms with E-state index in [9.17, 15) is 9.59 Å². The predicted molar refractivity (Wildman–Crippen MR) is 83.0 cm³/mol. The van der Waals surface area contributed by atoms with Gasteiger partial charge in [-0.1, -0.05) is 5.16 Å². The van der Waals surface area contributed by atoms with E-state index in [1.165, 1.54) is 0 Å². The highest BCUT2D eigenvalue weighted by atomic mass is 16.5. The molecule has 2 unspecified atom stereocenters. The molecule has 7 heteroatoms. The van der Waals surface area contributed by atoms with Crippen LogP contribution in [-0.4, -0.2) is 54.1 Å². The monoisotopic (exact) mass is 321 g/mol. The van der Waals surface area contributed by atoms with E-state index in [0.29, 0.717) is 50.0 Å². The van der Waals surface area contributed by atoms with Crippen molar-refractivity contribution in [2.24, 2.45) is 5.92 Å². The smallest absolute Gasteiger partial charge is 0.226 e. The third-order valence-corrected chi connectivity index (χ3v) is 4.62. The van der Waals surface area contributed by atoms with Crippen LogP contribution < -0.4 is 5.32 Å². The van der Waals surface area contributed by atoms with Gasteiger partial charge in [0.05, 0.1) is 13.2 Å². The number of ketones is 1. The van der Waals surface area contributed by atoms with E-state index in [1.807, 2.05) is 0 Å². The number of anilines is 1. The fraction of sp³-hybridized carbons (Fsp3) is 0.688. The highest BCUT2D eigenvalue weighted by Crippen LogP contribution is 2.29. The minimum absolute atomic E-state index is 0.0663. The first-order valence-corrected chi connectivity index (χ1v) is 8.21. The van der Waals surface area contributed by atoms with Crippen molar-refractivity contribution in [2.45, 2.75) is 38.6 Å². The molecule has 1 aliphatic carbocycles. The van der Waals surface area contributed by atoms with Gasteiger partial charge in [-0.15, -0.1) is 0 Å². The lowest BCUT2D eigenvalue weighted by Crippen LogP contribution is -2.51. The van der Waals surface area contributed by atoms with E-state index in [4.69, 9.17) is 9.26 Å².